The highest BCUT2D eigenvalue weighted by atomic mass is 32.2. The molecule has 1 aromatic carbocycles. The Balaban J connectivity index is 2.72. The molecule has 1 N–H and O–H groups in total. The lowest BCUT2D eigenvalue weighted by Gasteiger charge is -2.31. The summed E-state index contributed by atoms with van der Waals surface area (Å²) in [6, 6.07) is 5.83. The topological polar surface area (TPSA) is 46.2 Å². The van der Waals surface area contributed by atoms with E-state index in [0.29, 0.717) is 4.90 Å². The van der Waals surface area contributed by atoms with Crippen molar-refractivity contribution in [1.29, 1.82) is 0 Å². The SMILES string of the molecule is CNC1c2cccc(C)c2S(=O)(=O)CC1C. The Morgan fingerprint density at radius 2 is 2.06 bits per heavy atom. The summed E-state index contributed by atoms with van der Waals surface area (Å²) < 4.78 is 24.3. The Morgan fingerprint density at radius 1 is 1.38 bits per heavy atom. The molecule has 0 radical (unpaired) electrons. The van der Waals surface area contributed by atoms with Crippen LogP contribution in [0.15, 0.2) is 23.1 Å². The van der Waals surface area contributed by atoms with Crippen LogP contribution in [-0.2, 0) is 9.84 Å². The van der Waals surface area contributed by atoms with Crippen LogP contribution in [0.1, 0.15) is 24.1 Å². The van der Waals surface area contributed by atoms with E-state index in [1.807, 2.05) is 39.1 Å². The van der Waals surface area contributed by atoms with Crippen LogP contribution in [0.4, 0.5) is 0 Å². The zero-order valence-electron chi connectivity index (χ0n) is 9.82. The highest BCUT2D eigenvalue weighted by Crippen LogP contribution is 2.37. The Hall–Kier alpha value is -0.870. The van der Waals surface area contributed by atoms with E-state index in [4.69, 9.17) is 0 Å². The van der Waals surface area contributed by atoms with Crippen LogP contribution in [-0.4, -0.2) is 21.2 Å². The van der Waals surface area contributed by atoms with E-state index in [2.05, 4.69) is 5.32 Å². The molecule has 2 rings (SSSR count). The number of rotatable bonds is 1. The molecule has 0 fully saturated rings. The molecule has 0 amide bonds. The second kappa shape index (κ2) is 3.86. The van der Waals surface area contributed by atoms with E-state index >= 15 is 0 Å². The average Bonchev–Trinajstić information content (AvgIpc) is 2.16. The van der Waals surface area contributed by atoms with Crippen molar-refractivity contribution < 1.29 is 8.42 Å². The molecule has 3 nitrogen and oxygen atoms in total. The first kappa shape index (κ1) is 11.6. The molecule has 0 spiro atoms. The van der Waals surface area contributed by atoms with Gasteiger partial charge in [0.05, 0.1) is 10.6 Å². The molecule has 1 aromatic rings. The van der Waals surface area contributed by atoms with E-state index < -0.39 is 9.84 Å². The number of fused-ring (bicyclic) bond motifs is 1. The number of hydrogen-bond donors (Lipinski definition) is 1. The zero-order chi connectivity index (χ0) is 11.9. The average molecular weight is 239 g/mol. The Kier molecular flexibility index (Phi) is 2.80. The molecule has 88 valence electrons. The fourth-order valence-electron chi connectivity index (χ4n) is 2.62. The van der Waals surface area contributed by atoms with E-state index in [1.165, 1.54) is 0 Å². The third-order valence-corrected chi connectivity index (χ3v) is 5.40. The third kappa shape index (κ3) is 1.66. The molecule has 2 atom stereocenters. The normalized spacial score (nSPS) is 27.4. The van der Waals surface area contributed by atoms with Crippen LogP contribution >= 0.6 is 0 Å². The predicted molar refractivity (Wildman–Crippen MR) is 64.2 cm³/mol. The molecule has 2 unspecified atom stereocenters. The maximum atomic E-state index is 12.1. The molecule has 1 aliphatic rings. The van der Waals surface area contributed by atoms with Crippen molar-refractivity contribution >= 4 is 9.84 Å². The fraction of sp³-hybridized carbons (Fsp3) is 0.500. The molecule has 0 bridgehead atoms. The minimum atomic E-state index is -3.10. The fourth-order valence-corrected chi connectivity index (χ4v) is 4.78. The van der Waals surface area contributed by atoms with Crippen LogP contribution in [0, 0.1) is 12.8 Å². The molecular weight excluding hydrogens is 222 g/mol. The maximum Gasteiger partial charge on any atom is 0.179 e. The van der Waals surface area contributed by atoms with Crippen LogP contribution in [0.2, 0.25) is 0 Å². The first-order valence-electron chi connectivity index (χ1n) is 5.47. The van der Waals surface area contributed by atoms with Gasteiger partial charge in [-0.1, -0.05) is 25.1 Å². The second-order valence-corrected chi connectivity index (χ2v) is 6.49. The van der Waals surface area contributed by atoms with Crippen molar-refractivity contribution in [3.63, 3.8) is 0 Å². The highest BCUT2D eigenvalue weighted by molar-refractivity contribution is 7.91. The van der Waals surface area contributed by atoms with Crippen LogP contribution in [0.25, 0.3) is 0 Å². The van der Waals surface area contributed by atoms with Crippen molar-refractivity contribution in [1.82, 2.24) is 5.32 Å². The molecule has 1 heterocycles. The Morgan fingerprint density at radius 3 is 2.69 bits per heavy atom. The minimum Gasteiger partial charge on any atom is -0.313 e. The van der Waals surface area contributed by atoms with Crippen molar-refractivity contribution in [2.75, 3.05) is 12.8 Å². The van der Waals surface area contributed by atoms with Crippen LogP contribution in [0.3, 0.4) is 0 Å². The van der Waals surface area contributed by atoms with Gasteiger partial charge < -0.3 is 5.32 Å². The monoisotopic (exact) mass is 239 g/mol. The van der Waals surface area contributed by atoms with E-state index in [9.17, 15) is 8.42 Å². The number of hydrogen-bond acceptors (Lipinski definition) is 3. The van der Waals surface area contributed by atoms with Crippen LogP contribution < -0.4 is 5.32 Å². The molecule has 0 aliphatic carbocycles. The van der Waals surface area contributed by atoms with E-state index in [1.54, 1.807) is 0 Å². The predicted octanol–water partition coefficient (Wildman–Crippen LogP) is 1.68. The van der Waals surface area contributed by atoms with Crippen molar-refractivity contribution in [2.45, 2.75) is 24.8 Å². The molecule has 1 aliphatic heterocycles. The summed E-state index contributed by atoms with van der Waals surface area (Å²) in [5.41, 5.74) is 1.77. The molecule has 0 saturated carbocycles. The Bertz CT molecular complexity index is 508. The number of aryl methyl sites for hydroxylation is 1. The van der Waals surface area contributed by atoms with Gasteiger partial charge >= 0.3 is 0 Å². The smallest absolute Gasteiger partial charge is 0.179 e. The molecule has 16 heavy (non-hydrogen) atoms. The van der Waals surface area contributed by atoms with Gasteiger partial charge in [0, 0.05) is 6.04 Å². The van der Waals surface area contributed by atoms with Gasteiger partial charge in [-0.05, 0) is 31.0 Å². The molecule has 0 saturated heterocycles. The summed E-state index contributed by atoms with van der Waals surface area (Å²) in [6.07, 6.45) is 0. The number of nitrogens with one attached hydrogen (secondary N) is 1. The van der Waals surface area contributed by atoms with Gasteiger partial charge in [-0.2, -0.15) is 0 Å². The van der Waals surface area contributed by atoms with Gasteiger partial charge in [0.25, 0.3) is 0 Å². The Labute approximate surface area is 96.8 Å². The first-order valence-corrected chi connectivity index (χ1v) is 7.12. The number of benzene rings is 1. The van der Waals surface area contributed by atoms with E-state index in [0.717, 1.165) is 11.1 Å². The molecular formula is C12H17NO2S. The van der Waals surface area contributed by atoms with Gasteiger partial charge in [-0.15, -0.1) is 0 Å². The van der Waals surface area contributed by atoms with Gasteiger partial charge in [0.2, 0.25) is 0 Å². The summed E-state index contributed by atoms with van der Waals surface area (Å²) in [5.74, 6) is 0.348. The lowest BCUT2D eigenvalue weighted by Crippen LogP contribution is -2.35. The van der Waals surface area contributed by atoms with Gasteiger partial charge in [0.1, 0.15) is 0 Å². The van der Waals surface area contributed by atoms with Gasteiger partial charge in [-0.25, -0.2) is 8.42 Å². The van der Waals surface area contributed by atoms with E-state index in [-0.39, 0.29) is 17.7 Å². The zero-order valence-corrected chi connectivity index (χ0v) is 10.6. The third-order valence-electron chi connectivity index (χ3n) is 3.25. The van der Waals surface area contributed by atoms with Crippen molar-refractivity contribution in [2.24, 2.45) is 5.92 Å². The summed E-state index contributed by atoms with van der Waals surface area (Å²) in [4.78, 5) is 0.535. The largest absolute Gasteiger partial charge is 0.313 e. The molecule has 4 heteroatoms. The lowest BCUT2D eigenvalue weighted by molar-refractivity contribution is 0.421. The number of sulfone groups is 1. The lowest BCUT2D eigenvalue weighted by atomic mass is 9.94. The summed E-state index contributed by atoms with van der Waals surface area (Å²) in [7, 11) is -1.22. The van der Waals surface area contributed by atoms with Crippen LogP contribution in [0.5, 0.6) is 0 Å². The summed E-state index contributed by atoms with van der Waals surface area (Å²) >= 11 is 0. The van der Waals surface area contributed by atoms with Crippen molar-refractivity contribution in [3.05, 3.63) is 29.3 Å². The summed E-state index contributed by atoms with van der Waals surface area (Å²) in [5, 5.41) is 3.21. The molecule has 0 aromatic heterocycles. The standard InChI is InChI=1S/C12H17NO2S/c1-8-5-4-6-10-11(13-3)9(2)7-16(14,15)12(8)10/h4-6,9,11,13H,7H2,1-3H3. The minimum absolute atomic E-state index is 0.115. The summed E-state index contributed by atoms with van der Waals surface area (Å²) in [6.45, 7) is 3.84. The first-order chi connectivity index (χ1) is 7.47. The second-order valence-electron chi connectivity index (χ2n) is 4.52. The quantitative estimate of drug-likeness (QED) is 0.811. The van der Waals surface area contributed by atoms with Gasteiger partial charge in [-0.3, -0.25) is 0 Å². The maximum absolute atomic E-state index is 12.1. The highest BCUT2D eigenvalue weighted by Gasteiger charge is 2.35. The van der Waals surface area contributed by atoms with Gasteiger partial charge in [0.15, 0.2) is 9.84 Å². The van der Waals surface area contributed by atoms with Crippen molar-refractivity contribution in [3.8, 4) is 0 Å².